The van der Waals surface area contributed by atoms with Crippen LogP contribution in [0.4, 0.5) is 11.4 Å². The van der Waals surface area contributed by atoms with Gasteiger partial charge in [-0.25, -0.2) is 4.90 Å². The number of aryl methyl sites for hydroxylation is 1. The standard InChI is InChI=1S/C14H18N2O2/c1-9-7-8-11(15)10(2)14(9)16-12(17)5-3-4-6-13(16)18/h7-8H,3-6,15H2,1-2H3. The lowest BCUT2D eigenvalue weighted by Gasteiger charge is -2.23. The number of rotatable bonds is 1. The fraction of sp³-hybridized carbons (Fsp3) is 0.429. The van der Waals surface area contributed by atoms with Crippen LogP contribution in [0.1, 0.15) is 36.8 Å². The number of nitrogens with two attached hydrogens (primary N) is 1. The van der Waals surface area contributed by atoms with Crippen LogP contribution < -0.4 is 10.6 Å². The largest absolute Gasteiger partial charge is 0.398 e. The molecule has 1 heterocycles. The quantitative estimate of drug-likeness (QED) is 0.611. The number of amides is 2. The molecule has 18 heavy (non-hydrogen) atoms. The third-order valence-electron chi connectivity index (χ3n) is 3.43. The van der Waals surface area contributed by atoms with Crippen LogP contribution in [-0.4, -0.2) is 11.8 Å². The maximum absolute atomic E-state index is 12.1. The Labute approximate surface area is 107 Å². The molecule has 2 rings (SSSR count). The molecule has 2 amide bonds. The van der Waals surface area contributed by atoms with Crippen molar-refractivity contribution in [3.8, 4) is 0 Å². The third-order valence-corrected chi connectivity index (χ3v) is 3.43. The summed E-state index contributed by atoms with van der Waals surface area (Å²) >= 11 is 0. The second-order valence-electron chi connectivity index (χ2n) is 4.78. The monoisotopic (exact) mass is 246 g/mol. The van der Waals surface area contributed by atoms with Crippen molar-refractivity contribution in [2.75, 3.05) is 10.6 Å². The molecule has 0 bridgehead atoms. The Kier molecular flexibility index (Phi) is 3.36. The first kappa shape index (κ1) is 12.6. The van der Waals surface area contributed by atoms with E-state index in [-0.39, 0.29) is 11.8 Å². The maximum Gasteiger partial charge on any atom is 0.233 e. The van der Waals surface area contributed by atoms with E-state index in [1.165, 1.54) is 4.90 Å². The van der Waals surface area contributed by atoms with Gasteiger partial charge in [0.15, 0.2) is 0 Å². The summed E-state index contributed by atoms with van der Waals surface area (Å²) in [4.78, 5) is 25.5. The highest BCUT2D eigenvalue weighted by Gasteiger charge is 2.28. The molecule has 4 heteroatoms. The molecule has 96 valence electrons. The van der Waals surface area contributed by atoms with Crippen LogP contribution in [0.25, 0.3) is 0 Å². The van der Waals surface area contributed by atoms with Crippen molar-refractivity contribution in [3.63, 3.8) is 0 Å². The molecule has 0 unspecified atom stereocenters. The second kappa shape index (κ2) is 4.80. The first-order valence-corrected chi connectivity index (χ1v) is 6.24. The third kappa shape index (κ3) is 2.10. The summed E-state index contributed by atoms with van der Waals surface area (Å²) in [6.45, 7) is 3.75. The molecule has 1 saturated heterocycles. The first-order valence-electron chi connectivity index (χ1n) is 6.24. The second-order valence-corrected chi connectivity index (χ2v) is 4.78. The van der Waals surface area contributed by atoms with Gasteiger partial charge in [0.05, 0.1) is 5.69 Å². The molecule has 1 aliphatic heterocycles. The molecule has 1 fully saturated rings. The van der Waals surface area contributed by atoms with Crippen molar-refractivity contribution in [3.05, 3.63) is 23.3 Å². The van der Waals surface area contributed by atoms with Gasteiger partial charge in [-0.05, 0) is 43.9 Å². The van der Waals surface area contributed by atoms with E-state index >= 15 is 0 Å². The predicted octanol–water partition coefficient (Wildman–Crippen LogP) is 2.32. The highest BCUT2D eigenvalue weighted by molar-refractivity contribution is 6.16. The summed E-state index contributed by atoms with van der Waals surface area (Å²) in [5, 5.41) is 0. The van der Waals surface area contributed by atoms with E-state index in [4.69, 9.17) is 5.73 Å². The van der Waals surface area contributed by atoms with Crippen LogP contribution >= 0.6 is 0 Å². The molecule has 2 N–H and O–H groups in total. The Hall–Kier alpha value is -1.84. The molecule has 1 aromatic rings. The zero-order valence-electron chi connectivity index (χ0n) is 10.8. The van der Waals surface area contributed by atoms with E-state index in [0.717, 1.165) is 24.0 Å². The van der Waals surface area contributed by atoms with Crippen molar-refractivity contribution < 1.29 is 9.59 Å². The van der Waals surface area contributed by atoms with E-state index in [9.17, 15) is 9.59 Å². The summed E-state index contributed by atoms with van der Waals surface area (Å²) in [5.41, 5.74) is 8.87. The summed E-state index contributed by atoms with van der Waals surface area (Å²) in [6.07, 6.45) is 2.42. The van der Waals surface area contributed by atoms with Crippen LogP contribution in [0.15, 0.2) is 12.1 Å². The Balaban J connectivity index is 2.55. The molecule has 0 radical (unpaired) electrons. The highest BCUT2D eigenvalue weighted by atomic mass is 16.2. The Bertz CT molecular complexity index is 491. The lowest BCUT2D eigenvalue weighted by Crippen LogP contribution is -2.36. The minimum Gasteiger partial charge on any atom is -0.398 e. The van der Waals surface area contributed by atoms with Gasteiger partial charge in [0, 0.05) is 18.5 Å². The van der Waals surface area contributed by atoms with Crippen molar-refractivity contribution >= 4 is 23.2 Å². The van der Waals surface area contributed by atoms with E-state index in [1.807, 2.05) is 19.9 Å². The topological polar surface area (TPSA) is 63.4 Å². The molecule has 1 aliphatic rings. The van der Waals surface area contributed by atoms with Crippen molar-refractivity contribution in [1.82, 2.24) is 0 Å². The number of carbonyl (C=O) groups is 2. The van der Waals surface area contributed by atoms with E-state index in [1.54, 1.807) is 6.07 Å². The Morgan fingerprint density at radius 1 is 1.06 bits per heavy atom. The summed E-state index contributed by atoms with van der Waals surface area (Å²) in [5.74, 6) is -0.233. The van der Waals surface area contributed by atoms with Crippen LogP contribution in [0, 0.1) is 13.8 Å². The lowest BCUT2D eigenvalue weighted by molar-refractivity contribution is -0.125. The first-order chi connectivity index (χ1) is 8.52. The Morgan fingerprint density at radius 2 is 1.61 bits per heavy atom. The zero-order chi connectivity index (χ0) is 13.3. The fourth-order valence-corrected chi connectivity index (χ4v) is 2.36. The number of benzene rings is 1. The van der Waals surface area contributed by atoms with Gasteiger partial charge in [-0.3, -0.25) is 9.59 Å². The molecular weight excluding hydrogens is 228 g/mol. The molecular formula is C14H18N2O2. The molecule has 0 saturated carbocycles. The van der Waals surface area contributed by atoms with Crippen LogP contribution in [0.3, 0.4) is 0 Å². The van der Waals surface area contributed by atoms with Crippen LogP contribution in [0.2, 0.25) is 0 Å². The van der Waals surface area contributed by atoms with Gasteiger partial charge in [-0.15, -0.1) is 0 Å². The smallest absolute Gasteiger partial charge is 0.233 e. The summed E-state index contributed by atoms with van der Waals surface area (Å²) in [6, 6.07) is 3.66. The van der Waals surface area contributed by atoms with Gasteiger partial charge < -0.3 is 5.73 Å². The molecule has 0 aliphatic carbocycles. The summed E-state index contributed by atoms with van der Waals surface area (Å²) < 4.78 is 0. The van der Waals surface area contributed by atoms with Gasteiger partial charge in [0.1, 0.15) is 0 Å². The Morgan fingerprint density at radius 3 is 2.17 bits per heavy atom. The average Bonchev–Trinajstić information content (AvgIpc) is 2.49. The molecule has 4 nitrogen and oxygen atoms in total. The van der Waals surface area contributed by atoms with Crippen molar-refractivity contribution in [2.24, 2.45) is 0 Å². The van der Waals surface area contributed by atoms with E-state index < -0.39 is 0 Å². The number of carbonyl (C=O) groups excluding carboxylic acids is 2. The molecule has 0 aromatic heterocycles. The lowest BCUT2D eigenvalue weighted by atomic mass is 10.1. The van der Waals surface area contributed by atoms with E-state index in [0.29, 0.717) is 24.2 Å². The number of nitrogen functional groups attached to an aromatic ring is 1. The normalized spacial score (nSPS) is 16.9. The van der Waals surface area contributed by atoms with Crippen LogP contribution in [0.5, 0.6) is 0 Å². The maximum atomic E-state index is 12.1. The minimum absolute atomic E-state index is 0.116. The zero-order valence-corrected chi connectivity index (χ0v) is 10.8. The van der Waals surface area contributed by atoms with Gasteiger partial charge in [-0.1, -0.05) is 6.07 Å². The molecule has 0 spiro atoms. The van der Waals surface area contributed by atoms with Crippen molar-refractivity contribution in [1.29, 1.82) is 0 Å². The van der Waals surface area contributed by atoms with E-state index in [2.05, 4.69) is 0 Å². The SMILES string of the molecule is Cc1ccc(N)c(C)c1N1C(=O)CCCCC1=O. The minimum atomic E-state index is -0.116. The van der Waals surface area contributed by atoms with Crippen molar-refractivity contribution in [2.45, 2.75) is 39.5 Å². The number of hydrogen-bond acceptors (Lipinski definition) is 3. The number of hydrogen-bond donors (Lipinski definition) is 1. The fourth-order valence-electron chi connectivity index (χ4n) is 2.36. The summed E-state index contributed by atoms with van der Waals surface area (Å²) in [7, 11) is 0. The van der Waals surface area contributed by atoms with Gasteiger partial charge in [0.25, 0.3) is 0 Å². The molecule has 0 atom stereocenters. The number of imide groups is 1. The average molecular weight is 246 g/mol. The number of nitrogens with zero attached hydrogens (tertiary/aromatic N) is 1. The highest BCUT2D eigenvalue weighted by Crippen LogP contribution is 2.31. The predicted molar refractivity (Wildman–Crippen MR) is 71.3 cm³/mol. The van der Waals surface area contributed by atoms with Gasteiger partial charge >= 0.3 is 0 Å². The number of anilines is 2. The van der Waals surface area contributed by atoms with Crippen LogP contribution in [-0.2, 0) is 9.59 Å². The van der Waals surface area contributed by atoms with Gasteiger partial charge in [0.2, 0.25) is 11.8 Å². The molecule has 1 aromatic carbocycles. The van der Waals surface area contributed by atoms with Gasteiger partial charge in [-0.2, -0.15) is 0 Å².